The van der Waals surface area contributed by atoms with Gasteiger partial charge in [0.05, 0.1) is 25.0 Å². The normalized spacial score (nSPS) is 10.2. The number of pyridine rings is 1. The number of halogens is 1. The Kier molecular flexibility index (Phi) is 4.99. The molecule has 21 heavy (non-hydrogen) atoms. The molecule has 112 valence electrons. The Balaban J connectivity index is 1.89. The Labute approximate surface area is 126 Å². The minimum absolute atomic E-state index is 0.152. The van der Waals surface area contributed by atoms with Gasteiger partial charge in [-0.2, -0.15) is 4.98 Å². The summed E-state index contributed by atoms with van der Waals surface area (Å²) in [5.74, 6) is 1.01. The highest BCUT2D eigenvalue weighted by Crippen LogP contribution is 2.22. The summed E-state index contributed by atoms with van der Waals surface area (Å²) in [5, 5.41) is 5.40. The highest BCUT2D eigenvalue weighted by molar-refractivity contribution is 6.32. The fourth-order valence-corrected chi connectivity index (χ4v) is 1.75. The zero-order valence-electron chi connectivity index (χ0n) is 11.6. The van der Waals surface area contributed by atoms with Crippen LogP contribution in [0.2, 0.25) is 5.15 Å². The molecule has 0 aliphatic carbocycles. The number of ether oxygens (including phenoxy) is 1. The first kappa shape index (κ1) is 15.1. The number of methoxy groups -OCH3 is 1. The first-order valence-corrected chi connectivity index (χ1v) is 6.68. The maximum absolute atomic E-state index is 11.8. The number of urea groups is 1. The average molecular weight is 311 g/mol. The van der Waals surface area contributed by atoms with Crippen LogP contribution >= 0.6 is 11.6 Å². The quantitative estimate of drug-likeness (QED) is 0.829. The lowest BCUT2D eigenvalue weighted by Crippen LogP contribution is -2.28. The van der Waals surface area contributed by atoms with Crippen LogP contribution in [0, 0.1) is 0 Å². The van der Waals surface area contributed by atoms with E-state index in [1.165, 1.54) is 13.4 Å². The molecule has 7 nitrogen and oxygen atoms in total. The maximum Gasteiger partial charge on any atom is 0.319 e. The van der Waals surface area contributed by atoms with Gasteiger partial charge in [0.15, 0.2) is 11.0 Å². The number of nitrogens with zero attached hydrogens (tertiary/aromatic N) is 2. The van der Waals surface area contributed by atoms with Crippen molar-refractivity contribution in [3.63, 3.8) is 0 Å². The molecule has 2 N–H and O–H groups in total. The van der Waals surface area contributed by atoms with Crippen molar-refractivity contribution in [2.45, 2.75) is 19.9 Å². The Morgan fingerprint density at radius 1 is 1.43 bits per heavy atom. The molecule has 2 amide bonds. The first-order chi connectivity index (χ1) is 10.1. The van der Waals surface area contributed by atoms with Gasteiger partial charge in [-0.05, 0) is 6.07 Å². The van der Waals surface area contributed by atoms with Crippen LogP contribution in [0.5, 0.6) is 5.88 Å². The molecule has 0 saturated heterocycles. The van der Waals surface area contributed by atoms with Crippen molar-refractivity contribution in [1.29, 1.82) is 0 Å². The Bertz CT molecular complexity index is 630. The molecule has 0 saturated carbocycles. The molecule has 8 heteroatoms. The predicted octanol–water partition coefficient (Wildman–Crippen LogP) is 2.62. The third-order valence-corrected chi connectivity index (χ3v) is 2.90. The Morgan fingerprint density at radius 3 is 2.86 bits per heavy atom. The predicted molar refractivity (Wildman–Crippen MR) is 77.5 cm³/mol. The lowest BCUT2D eigenvalue weighted by atomic mass is 10.4. The van der Waals surface area contributed by atoms with Crippen LogP contribution in [0.15, 0.2) is 22.8 Å². The summed E-state index contributed by atoms with van der Waals surface area (Å²) in [6.07, 6.45) is 2.22. The lowest BCUT2D eigenvalue weighted by Gasteiger charge is -2.08. The topological polar surface area (TPSA) is 89.3 Å². The standard InChI is InChI=1S/C13H15ClN4O3/c1-3-10-16-8(7-21-10)6-15-13(19)17-9-4-5-11(20-2)18-12(9)14/h4-5,7H,3,6H2,1-2H3,(H2,15,17,19). The van der Waals surface area contributed by atoms with E-state index in [2.05, 4.69) is 20.6 Å². The van der Waals surface area contributed by atoms with Gasteiger partial charge in [0.25, 0.3) is 0 Å². The Morgan fingerprint density at radius 2 is 2.24 bits per heavy atom. The van der Waals surface area contributed by atoms with Gasteiger partial charge in [0, 0.05) is 12.5 Å². The number of rotatable bonds is 5. The van der Waals surface area contributed by atoms with E-state index in [0.717, 1.165) is 0 Å². The number of amides is 2. The number of hydrogen-bond acceptors (Lipinski definition) is 5. The van der Waals surface area contributed by atoms with E-state index in [4.69, 9.17) is 20.8 Å². The summed E-state index contributed by atoms with van der Waals surface area (Å²) >= 11 is 5.93. The number of carbonyl (C=O) groups excluding carboxylic acids is 1. The molecule has 2 rings (SSSR count). The van der Waals surface area contributed by atoms with Crippen molar-refractivity contribution < 1.29 is 13.9 Å². The molecule has 2 aromatic rings. The average Bonchev–Trinajstić information content (AvgIpc) is 2.95. The summed E-state index contributed by atoms with van der Waals surface area (Å²) in [4.78, 5) is 19.9. The molecule has 0 unspecified atom stereocenters. The number of hydrogen-bond donors (Lipinski definition) is 2. The molecule has 0 atom stereocenters. The minimum atomic E-state index is -0.412. The molecule has 0 aliphatic heterocycles. The van der Waals surface area contributed by atoms with Gasteiger partial charge in [0.2, 0.25) is 5.88 Å². The zero-order chi connectivity index (χ0) is 15.2. The summed E-state index contributed by atoms with van der Waals surface area (Å²) in [5.41, 5.74) is 1.05. The summed E-state index contributed by atoms with van der Waals surface area (Å²) in [6, 6.07) is 2.80. The van der Waals surface area contributed by atoms with Crippen molar-refractivity contribution in [1.82, 2.24) is 15.3 Å². The van der Waals surface area contributed by atoms with E-state index >= 15 is 0 Å². The molecule has 0 aromatic carbocycles. The van der Waals surface area contributed by atoms with Crippen molar-refractivity contribution >= 4 is 23.3 Å². The van der Waals surface area contributed by atoms with Crippen LogP contribution in [0.4, 0.5) is 10.5 Å². The molecule has 0 aliphatic rings. The second-order valence-electron chi connectivity index (χ2n) is 4.09. The third kappa shape index (κ3) is 4.09. The number of aromatic nitrogens is 2. The number of aryl methyl sites for hydroxylation is 1. The number of oxazole rings is 1. The number of nitrogens with one attached hydrogen (secondary N) is 2. The smallest absolute Gasteiger partial charge is 0.319 e. The van der Waals surface area contributed by atoms with E-state index in [1.54, 1.807) is 12.1 Å². The van der Waals surface area contributed by atoms with Gasteiger partial charge in [0.1, 0.15) is 6.26 Å². The summed E-state index contributed by atoms with van der Waals surface area (Å²) in [7, 11) is 1.49. The van der Waals surface area contributed by atoms with Crippen LogP contribution in [0.3, 0.4) is 0 Å². The van der Waals surface area contributed by atoms with E-state index in [-0.39, 0.29) is 11.7 Å². The second-order valence-corrected chi connectivity index (χ2v) is 4.44. The first-order valence-electron chi connectivity index (χ1n) is 6.31. The third-order valence-electron chi connectivity index (χ3n) is 2.61. The zero-order valence-corrected chi connectivity index (χ0v) is 12.4. The maximum atomic E-state index is 11.8. The highest BCUT2D eigenvalue weighted by Gasteiger charge is 2.09. The molecule has 2 heterocycles. The van der Waals surface area contributed by atoms with Gasteiger partial charge in [-0.3, -0.25) is 0 Å². The second kappa shape index (κ2) is 6.94. The van der Waals surface area contributed by atoms with Crippen molar-refractivity contribution in [2.75, 3.05) is 12.4 Å². The molecule has 0 bridgehead atoms. The molecule has 2 aromatic heterocycles. The van der Waals surface area contributed by atoms with Gasteiger partial charge in [-0.15, -0.1) is 0 Å². The van der Waals surface area contributed by atoms with Crippen LogP contribution in [-0.2, 0) is 13.0 Å². The van der Waals surface area contributed by atoms with E-state index in [9.17, 15) is 4.79 Å². The van der Waals surface area contributed by atoms with Crippen LogP contribution < -0.4 is 15.4 Å². The molecule has 0 radical (unpaired) electrons. The van der Waals surface area contributed by atoms with Gasteiger partial charge < -0.3 is 19.8 Å². The lowest BCUT2D eigenvalue weighted by molar-refractivity contribution is 0.251. The van der Waals surface area contributed by atoms with Crippen LogP contribution in [0.25, 0.3) is 0 Å². The molecule has 0 fully saturated rings. The summed E-state index contributed by atoms with van der Waals surface area (Å²) in [6.45, 7) is 2.20. The molecule has 0 spiro atoms. The van der Waals surface area contributed by atoms with Gasteiger partial charge in [-0.25, -0.2) is 9.78 Å². The number of anilines is 1. The minimum Gasteiger partial charge on any atom is -0.481 e. The molecular formula is C13H15ClN4O3. The van der Waals surface area contributed by atoms with E-state index in [1.807, 2.05) is 6.92 Å². The highest BCUT2D eigenvalue weighted by atomic mass is 35.5. The molecular weight excluding hydrogens is 296 g/mol. The largest absolute Gasteiger partial charge is 0.481 e. The van der Waals surface area contributed by atoms with Crippen LogP contribution in [-0.4, -0.2) is 23.1 Å². The van der Waals surface area contributed by atoms with Crippen molar-refractivity contribution in [3.05, 3.63) is 35.1 Å². The van der Waals surface area contributed by atoms with Crippen molar-refractivity contribution in [2.24, 2.45) is 0 Å². The fraction of sp³-hybridized carbons (Fsp3) is 0.308. The fourth-order valence-electron chi connectivity index (χ4n) is 1.55. The number of carbonyl (C=O) groups is 1. The monoisotopic (exact) mass is 310 g/mol. The van der Waals surface area contributed by atoms with E-state index < -0.39 is 6.03 Å². The SMILES string of the molecule is CCc1nc(CNC(=O)Nc2ccc(OC)nc2Cl)co1. The summed E-state index contributed by atoms with van der Waals surface area (Å²) < 4.78 is 10.1. The van der Waals surface area contributed by atoms with Crippen molar-refractivity contribution in [3.8, 4) is 5.88 Å². The van der Waals surface area contributed by atoms with Crippen LogP contribution in [0.1, 0.15) is 18.5 Å². The Hall–Kier alpha value is -2.28. The van der Waals surface area contributed by atoms with Gasteiger partial charge >= 0.3 is 6.03 Å². The van der Waals surface area contributed by atoms with E-state index in [0.29, 0.717) is 29.6 Å². The van der Waals surface area contributed by atoms with Gasteiger partial charge in [-0.1, -0.05) is 18.5 Å².